The van der Waals surface area contributed by atoms with Crippen LogP contribution in [0.1, 0.15) is 78.0 Å². The summed E-state index contributed by atoms with van der Waals surface area (Å²) in [5.74, 6) is 8.59. The quantitative estimate of drug-likeness (QED) is 0.0656. The average Bonchev–Trinajstić information content (AvgIpc) is 3.85. The maximum Gasteiger partial charge on any atom is 0.302 e. The number of carbonyl (C=O) groups is 1. The number of aromatic hydroxyl groups is 2. The van der Waals surface area contributed by atoms with E-state index in [-0.39, 0.29) is 59.5 Å². The lowest BCUT2D eigenvalue weighted by molar-refractivity contribution is -0.141. The lowest BCUT2D eigenvalue weighted by atomic mass is 9.64. The topological polar surface area (TPSA) is 157 Å². The molecule has 9 rings (SSSR count). The van der Waals surface area contributed by atoms with Crippen LogP contribution < -0.4 is 35.9 Å². The van der Waals surface area contributed by atoms with Gasteiger partial charge in [0.1, 0.15) is 36.1 Å². The van der Waals surface area contributed by atoms with Gasteiger partial charge in [-0.2, -0.15) is 0 Å². The van der Waals surface area contributed by atoms with Crippen molar-refractivity contribution in [2.75, 3.05) is 40.9 Å². The van der Waals surface area contributed by atoms with Crippen LogP contribution in [0.2, 0.25) is 0 Å². The van der Waals surface area contributed by atoms with E-state index in [0.717, 1.165) is 88.1 Å². The number of hydrogen-bond donors (Lipinski definition) is 6. The Morgan fingerprint density at radius 2 is 1.83 bits per heavy atom. The number of likely N-dealkylation sites (N-methyl/N-ethyl adjacent to an activating group) is 2. The number of fused-ring (bicyclic) bond motifs is 6. The van der Waals surface area contributed by atoms with Gasteiger partial charge in [0, 0.05) is 60.2 Å². The third-order valence-electron chi connectivity index (χ3n) is 13.8. The number of nitrogens with two attached hydrogens (primary N) is 1. The van der Waals surface area contributed by atoms with Gasteiger partial charge in [-0.15, -0.1) is 0 Å². The van der Waals surface area contributed by atoms with Crippen LogP contribution in [0.3, 0.4) is 0 Å². The second-order valence-electron chi connectivity index (χ2n) is 17.8. The Morgan fingerprint density at radius 3 is 2.59 bits per heavy atom. The number of dihydropyridines is 1. The van der Waals surface area contributed by atoms with Gasteiger partial charge in [-0.1, -0.05) is 54.5 Å². The van der Waals surface area contributed by atoms with Gasteiger partial charge in [0.25, 0.3) is 0 Å². The molecule has 7 N–H and O–H groups in total. The molecule has 11 nitrogen and oxygen atoms in total. The number of carbonyl (C=O) groups excluding carboxylic acids is 1. The zero-order valence-corrected chi connectivity index (χ0v) is 36.6. The predicted octanol–water partition coefficient (Wildman–Crippen LogP) is 6.84. The van der Waals surface area contributed by atoms with Gasteiger partial charge in [-0.3, -0.25) is 4.79 Å². The number of allylic oxidation sites excluding steroid dienone is 3. The second kappa shape index (κ2) is 17.7. The second-order valence-corrected chi connectivity index (χ2v) is 17.8. The van der Waals surface area contributed by atoms with Crippen LogP contribution in [0.4, 0.5) is 0 Å². The van der Waals surface area contributed by atoms with Crippen molar-refractivity contribution >= 4 is 5.97 Å². The summed E-state index contributed by atoms with van der Waals surface area (Å²) in [6.07, 6.45) is 8.49. The first-order valence-corrected chi connectivity index (χ1v) is 22.3. The molecular weight excluding hydrogens is 793 g/mol. The van der Waals surface area contributed by atoms with E-state index in [1.54, 1.807) is 19.2 Å². The summed E-state index contributed by atoms with van der Waals surface area (Å²) >= 11 is 0. The summed E-state index contributed by atoms with van der Waals surface area (Å²) < 4.78 is 25.8. The van der Waals surface area contributed by atoms with E-state index in [2.05, 4.69) is 76.3 Å². The maximum absolute atomic E-state index is 12.6. The molecule has 4 aromatic rings. The molecule has 0 amide bonds. The number of phenols is 2. The summed E-state index contributed by atoms with van der Waals surface area (Å²) in [5, 5.41) is 32.6. The Bertz CT molecular complexity index is 2520. The highest BCUT2D eigenvalue weighted by Crippen LogP contribution is 2.63. The number of ether oxygens (including phenoxy) is 4. The first-order valence-electron chi connectivity index (χ1n) is 22.3. The number of hydrogen-bond acceptors (Lipinski definition) is 11. The zero-order chi connectivity index (χ0) is 43.8. The smallest absolute Gasteiger partial charge is 0.302 e. The highest BCUT2D eigenvalue weighted by atomic mass is 16.5. The highest BCUT2D eigenvalue weighted by Gasteiger charge is 2.52. The van der Waals surface area contributed by atoms with E-state index in [0.29, 0.717) is 37.4 Å². The van der Waals surface area contributed by atoms with Crippen LogP contribution >= 0.6 is 0 Å². The minimum Gasteiger partial charge on any atom is -0.508 e. The lowest BCUT2D eigenvalue weighted by Gasteiger charge is -2.40. The van der Waals surface area contributed by atoms with E-state index in [4.69, 9.17) is 24.7 Å². The largest absolute Gasteiger partial charge is 0.508 e. The Kier molecular flexibility index (Phi) is 11.9. The number of benzene rings is 4. The molecule has 63 heavy (non-hydrogen) atoms. The summed E-state index contributed by atoms with van der Waals surface area (Å²) in [6.45, 7) is 2.62. The number of phenolic OH excluding ortho intramolecular Hbond substituents is 2. The number of rotatable bonds is 12. The van der Waals surface area contributed by atoms with Crippen LogP contribution in [0.5, 0.6) is 28.7 Å². The van der Waals surface area contributed by atoms with Crippen molar-refractivity contribution in [3.05, 3.63) is 124 Å². The van der Waals surface area contributed by atoms with Crippen LogP contribution in [0, 0.1) is 23.7 Å². The molecule has 0 saturated heterocycles. The minimum atomic E-state index is -0.613. The van der Waals surface area contributed by atoms with E-state index >= 15 is 0 Å². The fourth-order valence-electron chi connectivity index (χ4n) is 11.2. The molecule has 4 aromatic carbocycles. The minimum absolute atomic E-state index is 0.0000520. The Labute approximate surface area is 370 Å². The van der Waals surface area contributed by atoms with E-state index < -0.39 is 6.10 Å². The maximum atomic E-state index is 12.6. The molecule has 0 radical (unpaired) electrons. The van der Waals surface area contributed by atoms with Gasteiger partial charge in [-0.25, -0.2) is 0 Å². The van der Waals surface area contributed by atoms with Gasteiger partial charge < -0.3 is 50.8 Å². The molecule has 1 fully saturated rings. The molecule has 5 aliphatic rings. The van der Waals surface area contributed by atoms with Crippen LogP contribution in [0.25, 0.3) is 11.1 Å². The van der Waals surface area contributed by atoms with Gasteiger partial charge in [0.2, 0.25) is 0 Å². The molecule has 4 bridgehead atoms. The molecule has 3 heterocycles. The molecule has 3 aliphatic heterocycles. The fourth-order valence-corrected chi connectivity index (χ4v) is 11.2. The van der Waals surface area contributed by atoms with E-state index in [1.165, 1.54) is 12.5 Å². The first kappa shape index (κ1) is 42.4. The Morgan fingerprint density at radius 1 is 1.02 bits per heavy atom. The van der Waals surface area contributed by atoms with E-state index in [9.17, 15) is 15.0 Å². The van der Waals surface area contributed by atoms with Gasteiger partial charge in [0.15, 0.2) is 11.5 Å². The lowest BCUT2D eigenvalue weighted by Crippen LogP contribution is -2.38. The number of esters is 1. The van der Waals surface area contributed by atoms with Crippen LogP contribution in [-0.2, 0) is 34.2 Å². The Hall–Kier alpha value is -5.93. The monoisotopic (exact) mass is 850 g/mol. The average molecular weight is 851 g/mol. The summed E-state index contributed by atoms with van der Waals surface area (Å²) in [6, 6.07) is 22.2. The van der Waals surface area contributed by atoms with Crippen molar-refractivity contribution in [1.82, 2.24) is 16.0 Å². The third kappa shape index (κ3) is 8.12. The van der Waals surface area contributed by atoms with Crippen molar-refractivity contribution in [2.45, 2.75) is 81.6 Å². The van der Waals surface area contributed by atoms with E-state index in [1.807, 2.05) is 32.3 Å². The van der Waals surface area contributed by atoms with Crippen LogP contribution in [-0.4, -0.2) is 69.4 Å². The summed E-state index contributed by atoms with van der Waals surface area (Å²) in [4.78, 5) is 12.6. The molecule has 6 unspecified atom stereocenters. The van der Waals surface area contributed by atoms with Gasteiger partial charge >= 0.3 is 5.97 Å². The molecule has 11 heteroatoms. The van der Waals surface area contributed by atoms with Crippen molar-refractivity contribution in [3.63, 3.8) is 0 Å². The Balaban J connectivity index is 1.28. The van der Waals surface area contributed by atoms with Crippen molar-refractivity contribution < 1.29 is 34.0 Å². The molecule has 1 saturated carbocycles. The molecule has 328 valence electrons. The highest BCUT2D eigenvalue weighted by molar-refractivity contribution is 5.84. The predicted molar refractivity (Wildman–Crippen MR) is 243 cm³/mol. The summed E-state index contributed by atoms with van der Waals surface area (Å²) in [5.41, 5.74) is 16.2. The number of nitrogens with one attached hydrogen (secondary N) is 3. The summed E-state index contributed by atoms with van der Waals surface area (Å²) in [7, 11) is 5.38. The number of methoxy groups -OCH3 is 1. The molecule has 0 aromatic heterocycles. The standard InChI is InChI=1S/C52H58N4O7/c1-30(57)61-29-42-39-15-16-40-48-34(21-35(58)23-46(48)60-4)26-52-20-19-33(25-52)37(14-13-31-9-6-5-7-10-31)38-17-18-47(53)56-43(38)12-8-11-32-22-44(59)45(62-36(27-54-2)28-55-3)24-41(32)50(42)63-51(39)49(40)52/h5-7,9-10,15-18,21-24,33,36-37,42,47,50,54-56,58-59H,11,13-14,19-20,25-29,53H2,1-4H3. The van der Waals surface area contributed by atoms with Gasteiger partial charge in [0.05, 0.1) is 24.9 Å². The van der Waals surface area contributed by atoms with Crippen molar-refractivity contribution in [3.8, 4) is 51.7 Å². The SMILES string of the molecule is CNCC(CNC)Oc1cc2c(cc1O)CC#CC1=C(C=CC(N)N1)C(CCc1ccccc1)C1CCC3(Cc4cc(O)cc(OC)c4-c4ccc5c(c43)OC2C5COC(C)=O)C1. The molecule has 1 spiro atoms. The molecular formula is C52H58N4O7. The third-order valence-corrected chi connectivity index (χ3v) is 13.8. The van der Waals surface area contributed by atoms with Crippen molar-refractivity contribution in [1.29, 1.82) is 0 Å². The fraction of sp³-hybridized carbons (Fsp3) is 0.404. The van der Waals surface area contributed by atoms with Crippen molar-refractivity contribution in [2.24, 2.45) is 17.6 Å². The number of aryl methyl sites for hydroxylation is 1. The van der Waals surface area contributed by atoms with Crippen LogP contribution in [0.15, 0.2) is 90.2 Å². The molecule has 6 atom stereocenters. The normalized spacial score (nSPS) is 23.8. The zero-order valence-electron chi connectivity index (χ0n) is 36.6. The first-order chi connectivity index (χ1) is 30.6. The molecule has 2 aliphatic carbocycles. The van der Waals surface area contributed by atoms with Gasteiger partial charge in [-0.05, 0) is 122 Å².